The number of nitrogens with two attached hydrogens (primary N) is 1. The number of halogens is 2. The number of amides is 1. The van der Waals surface area contributed by atoms with Crippen LogP contribution in [0.2, 0.25) is 0 Å². The summed E-state index contributed by atoms with van der Waals surface area (Å²) in [6.07, 6.45) is 6.93. The molecule has 1 aliphatic rings. The van der Waals surface area contributed by atoms with Gasteiger partial charge in [-0.25, -0.2) is 8.78 Å². The van der Waals surface area contributed by atoms with Gasteiger partial charge in [0.15, 0.2) is 5.66 Å². The maximum atomic E-state index is 13.6. The highest BCUT2D eigenvalue weighted by atomic mass is 19.1. The van der Waals surface area contributed by atoms with Crippen molar-refractivity contribution in [3.05, 3.63) is 35.4 Å². The summed E-state index contributed by atoms with van der Waals surface area (Å²) in [6.45, 7) is 0.384. The number of benzene rings is 1. The van der Waals surface area contributed by atoms with Crippen LogP contribution in [0.25, 0.3) is 0 Å². The van der Waals surface area contributed by atoms with Crippen molar-refractivity contribution < 1.29 is 13.6 Å². The number of rotatable bonds is 8. The molecule has 0 radical (unpaired) electrons. The van der Waals surface area contributed by atoms with Crippen LogP contribution in [0.5, 0.6) is 0 Å². The van der Waals surface area contributed by atoms with E-state index in [1.165, 1.54) is 6.07 Å². The van der Waals surface area contributed by atoms with Crippen molar-refractivity contribution in [2.24, 2.45) is 16.0 Å². The minimum absolute atomic E-state index is 0.0891. The summed E-state index contributed by atoms with van der Waals surface area (Å²) < 4.78 is 26.4. The standard InChI is InChI=1S/C16H18F2N4O/c1-2-3-6-16(21-22-16)7-8-20-15(23)10-14(19)12-5-4-11(17)9-13(12)18/h1,4-5,9,14H,3,6-8,10,19H2,(H,20,23). The van der Waals surface area contributed by atoms with Gasteiger partial charge < -0.3 is 11.1 Å². The van der Waals surface area contributed by atoms with Crippen molar-refractivity contribution >= 4 is 5.91 Å². The topological polar surface area (TPSA) is 79.8 Å². The van der Waals surface area contributed by atoms with Gasteiger partial charge in [-0.2, -0.15) is 10.2 Å². The van der Waals surface area contributed by atoms with Crippen molar-refractivity contribution in [3.63, 3.8) is 0 Å². The van der Waals surface area contributed by atoms with Crippen LogP contribution in [0.4, 0.5) is 8.78 Å². The maximum absolute atomic E-state index is 13.6. The third-order valence-electron chi connectivity index (χ3n) is 3.67. The first-order chi connectivity index (χ1) is 11.0. The zero-order chi connectivity index (χ0) is 16.9. The van der Waals surface area contributed by atoms with Crippen LogP contribution in [0.1, 0.15) is 37.3 Å². The highest BCUT2D eigenvalue weighted by Crippen LogP contribution is 2.36. The molecule has 1 aromatic carbocycles. The normalized spacial score (nSPS) is 15.7. The van der Waals surface area contributed by atoms with Gasteiger partial charge in [0.2, 0.25) is 5.91 Å². The average molecular weight is 320 g/mol. The lowest BCUT2D eigenvalue weighted by Gasteiger charge is -2.14. The second-order valence-corrected chi connectivity index (χ2v) is 5.46. The molecule has 122 valence electrons. The van der Waals surface area contributed by atoms with Gasteiger partial charge >= 0.3 is 0 Å². The smallest absolute Gasteiger partial charge is 0.221 e. The lowest BCUT2D eigenvalue weighted by atomic mass is 10.0. The molecule has 1 heterocycles. The molecule has 23 heavy (non-hydrogen) atoms. The van der Waals surface area contributed by atoms with E-state index >= 15 is 0 Å². The summed E-state index contributed by atoms with van der Waals surface area (Å²) >= 11 is 0. The van der Waals surface area contributed by atoms with Gasteiger partial charge in [0.25, 0.3) is 0 Å². The van der Waals surface area contributed by atoms with Crippen molar-refractivity contribution in [3.8, 4) is 12.3 Å². The monoisotopic (exact) mass is 320 g/mol. The van der Waals surface area contributed by atoms with Crippen LogP contribution in [0.15, 0.2) is 28.4 Å². The van der Waals surface area contributed by atoms with E-state index in [1.807, 2.05) is 0 Å². The van der Waals surface area contributed by atoms with Crippen molar-refractivity contribution in [2.45, 2.75) is 37.4 Å². The quantitative estimate of drug-likeness (QED) is 0.722. The highest BCUT2D eigenvalue weighted by Gasteiger charge is 2.38. The summed E-state index contributed by atoms with van der Waals surface area (Å²) in [6, 6.07) is 2.28. The number of terminal acetylenes is 1. The molecule has 0 bridgehead atoms. The predicted octanol–water partition coefficient (Wildman–Crippen LogP) is 2.44. The lowest BCUT2D eigenvalue weighted by molar-refractivity contribution is -0.121. The van der Waals surface area contributed by atoms with Gasteiger partial charge in [0.1, 0.15) is 11.6 Å². The van der Waals surface area contributed by atoms with E-state index in [0.717, 1.165) is 12.1 Å². The SMILES string of the molecule is C#CCCC1(CCNC(=O)CC(N)c2ccc(F)cc2F)N=N1. The molecule has 0 saturated carbocycles. The molecular weight excluding hydrogens is 302 g/mol. The molecule has 0 aliphatic carbocycles. The highest BCUT2D eigenvalue weighted by molar-refractivity contribution is 5.76. The Morgan fingerprint density at radius 2 is 2.13 bits per heavy atom. The Labute approximate surface area is 133 Å². The number of nitrogens with one attached hydrogen (secondary N) is 1. The fourth-order valence-electron chi connectivity index (χ4n) is 2.25. The molecule has 7 heteroatoms. The van der Waals surface area contributed by atoms with Gasteiger partial charge in [0, 0.05) is 49.9 Å². The van der Waals surface area contributed by atoms with E-state index in [0.29, 0.717) is 25.8 Å². The van der Waals surface area contributed by atoms with Crippen molar-refractivity contribution in [1.29, 1.82) is 0 Å². The van der Waals surface area contributed by atoms with Crippen molar-refractivity contribution in [2.75, 3.05) is 6.54 Å². The summed E-state index contributed by atoms with van der Waals surface area (Å²) in [4.78, 5) is 11.8. The third kappa shape index (κ3) is 4.83. The predicted molar refractivity (Wildman–Crippen MR) is 81.2 cm³/mol. The van der Waals surface area contributed by atoms with Gasteiger partial charge in [-0.1, -0.05) is 6.07 Å². The summed E-state index contributed by atoms with van der Waals surface area (Å²) in [7, 11) is 0. The third-order valence-corrected chi connectivity index (χ3v) is 3.67. The molecule has 0 aromatic heterocycles. The molecule has 3 N–H and O–H groups in total. The summed E-state index contributed by atoms with van der Waals surface area (Å²) in [5, 5.41) is 10.6. The van der Waals surface area contributed by atoms with Gasteiger partial charge in [-0.15, -0.1) is 12.3 Å². The first kappa shape index (κ1) is 17.0. The Morgan fingerprint density at radius 3 is 2.74 bits per heavy atom. The van der Waals surface area contributed by atoms with E-state index in [2.05, 4.69) is 21.5 Å². The number of hydrogen-bond donors (Lipinski definition) is 2. The maximum Gasteiger partial charge on any atom is 0.221 e. The number of carbonyl (C=O) groups excluding carboxylic acids is 1. The Kier molecular flexibility index (Phi) is 5.40. The Balaban J connectivity index is 1.75. The van der Waals surface area contributed by atoms with E-state index < -0.39 is 23.3 Å². The molecule has 1 aromatic rings. The number of carbonyl (C=O) groups is 1. The van der Waals surface area contributed by atoms with Crippen LogP contribution >= 0.6 is 0 Å². The zero-order valence-corrected chi connectivity index (χ0v) is 12.6. The fourth-order valence-corrected chi connectivity index (χ4v) is 2.25. The second-order valence-electron chi connectivity index (χ2n) is 5.46. The molecular formula is C16H18F2N4O. The van der Waals surface area contributed by atoms with E-state index in [4.69, 9.17) is 12.2 Å². The molecule has 1 aliphatic heterocycles. The Morgan fingerprint density at radius 1 is 1.39 bits per heavy atom. The van der Waals surface area contributed by atoms with Crippen LogP contribution in [0, 0.1) is 24.0 Å². The van der Waals surface area contributed by atoms with Crippen LogP contribution in [-0.2, 0) is 4.79 Å². The van der Waals surface area contributed by atoms with E-state index in [9.17, 15) is 13.6 Å². The van der Waals surface area contributed by atoms with Gasteiger partial charge in [-0.3, -0.25) is 4.79 Å². The Hall–Kier alpha value is -2.33. The van der Waals surface area contributed by atoms with E-state index in [-0.39, 0.29) is 17.9 Å². The van der Waals surface area contributed by atoms with Gasteiger partial charge in [-0.05, 0) is 6.07 Å². The first-order valence-corrected chi connectivity index (χ1v) is 7.30. The molecule has 1 atom stereocenters. The van der Waals surface area contributed by atoms with Crippen molar-refractivity contribution in [1.82, 2.24) is 5.32 Å². The molecule has 2 rings (SSSR count). The molecule has 0 spiro atoms. The molecule has 1 amide bonds. The number of hydrogen-bond acceptors (Lipinski definition) is 4. The minimum Gasteiger partial charge on any atom is -0.356 e. The Bertz CT molecular complexity index is 648. The fraction of sp³-hybridized carbons (Fsp3) is 0.438. The molecule has 0 saturated heterocycles. The molecule has 5 nitrogen and oxygen atoms in total. The summed E-state index contributed by atoms with van der Waals surface area (Å²) in [5.41, 5.74) is 5.46. The van der Waals surface area contributed by atoms with Crippen LogP contribution in [0.3, 0.4) is 0 Å². The average Bonchev–Trinajstić information content (AvgIpc) is 3.25. The molecule has 0 fully saturated rings. The van der Waals surface area contributed by atoms with Crippen LogP contribution < -0.4 is 11.1 Å². The minimum atomic E-state index is -0.832. The second kappa shape index (κ2) is 7.29. The lowest BCUT2D eigenvalue weighted by Crippen LogP contribution is -2.31. The zero-order valence-electron chi connectivity index (χ0n) is 12.6. The summed E-state index contributed by atoms with van der Waals surface area (Å²) in [5.74, 6) is 0.781. The number of nitrogens with zero attached hydrogens (tertiary/aromatic N) is 2. The molecule has 1 unspecified atom stereocenters. The van der Waals surface area contributed by atoms with Crippen LogP contribution in [-0.4, -0.2) is 18.1 Å². The first-order valence-electron chi connectivity index (χ1n) is 7.30. The van der Waals surface area contributed by atoms with Gasteiger partial charge in [0.05, 0.1) is 0 Å². The largest absolute Gasteiger partial charge is 0.356 e. The van der Waals surface area contributed by atoms with E-state index in [1.54, 1.807) is 0 Å².